The third kappa shape index (κ3) is 1.58. The van der Waals surface area contributed by atoms with Crippen LogP contribution in [0.25, 0.3) is 0 Å². The molecule has 0 radical (unpaired) electrons. The van der Waals surface area contributed by atoms with Crippen molar-refractivity contribution in [3.05, 3.63) is 12.2 Å². The van der Waals surface area contributed by atoms with Crippen molar-refractivity contribution in [3.63, 3.8) is 0 Å². The zero-order valence-electron chi connectivity index (χ0n) is 5.96. The standard InChI is InChI=1S/C7H9NO3/c1-4-2-3-5(7(10)11)8-6(4)9/h5H,1-3H2,(H,8,9)(H,10,11)/t5-/m1/s1. The van der Waals surface area contributed by atoms with Gasteiger partial charge in [0, 0.05) is 5.57 Å². The minimum absolute atomic E-state index is 0.344. The normalized spacial score (nSPS) is 24.5. The van der Waals surface area contributed by atoms with Crippen LogP contribution in [0.15, 0.2) is 12.2 Å². The highest BCUT2D eigenvalue weighted by Gasteiger charge is 2.25. The predicted octanol–water partition coefficient (Wildman–Crippen LogP) is -0.0942. The number of nitrogens with one attached hydrogen (secondary N) is 1. The monoisotopic (exact) mass is 155 g/mol. The van der Waals surface area contributed by atoms with E-state index in [0.29, 0.717) is 18.4 Å². The smallest absolute Gasteiger partial charge is 0.326 e. The van der Waals surface area contributed by atoms with Gasteiger partial charge in [0.2, 0.25) is 5.91 Å². The number of carboxylic acids is 1. The lowest BCUT2D eigenvalue weighted by Gasteiger charge is -2.20. The average molecular weight is 155 g/mol. The summed E-state index contributed by atoms with van der Waals surface area (Å²) in [5, 5.41) is 10.8. The Balaban J connectivity index is 2.60. The lowest BCUT2D eigenvalue weighted by Crippen LogP contribution is -2.44. The summed E-state index contributed by atoms with van der Waals surface area (Å²) in [6.07, 6.45) is 0.919. The van der Waals surface area contributed by atoms with Gasteiger partial charge in [0.05, 0.1) is 0 Å². The van der Waals surface area contributed by atoms with Crippen molar-refractivity contribution in [2.45, 2.75) is 18.9 Å². The number of carbonyl (C=O) groups excluding carboxylic acids is 1. The Morgan fingerprint density at radius 3 is 2.82 bits per heavy atom. The molecule has 1 atom stereocenters. The molecule has 1 rings (SSSR count). The van der Waals surface area contributed by atoms with Gasteiger partial charge in [-0.15, -0.1) is 0 Å². The van der Waals surface area contributed by atoms with E-state index in [0.717, 1.165) is 0 Å². The topological polar surface area (TPSA) is 66.4 Å². The van der Waals surface area contributed by atoms with E-state index in [1.807, 2.05) is 0 Å². The molecule has 1 fully saturated rings. The first-order valence-corrected chi connectivity index (χ1v) is 3.32. The summed E-state index contributed by atoms with van der Waals surface area (Å²) in [6.45, 7) is 3.48. The van der Waals surface area contributed by atoms with Gasteiger partial charge in [0.15, 0.2) is 0 Å². The van der Waals surface area contributed by atoms with Crippen LogP contribution in [-0.2, 0) is 9.59 Å². The molecule has 2 N–H and O–H groups in total. The lowest BCUT2D eigenvalue weighted by molar-refractivity contribution is -0.142. The quantitative estimate of drug-likeness (QED) is 0.520. The lowest BCUT2D eigenvalue weighted by atomic mass is 10.0. The maximum absolute atomic E-state index is 10.8. The van der Waals surface area contributed by atoms with Gasteiger partial charge in [-0.05, 0) is 12.8 Å². The largest absolute Gasteiger partial charge is 0.480 e. The van der Waals surface area contributed by atoms with E-state index >= 15 is 0 Å². The molecule has 4 heteroatoms. The van der Waals surface area contributed by atoms with Crippen LogP contribution in [-0.4, -0.2) is 23.0 Å². The van der Waals surface area contributed by atoms with Crippen molar-refractivity contribution in [2.24, 2.45) is 0 Å². The van der Waals surface area contributed by atoms with Crippen molar-refractivity contribution in [1.29, 1.82) is 0 Å². The Morgan fingerprint density at radius 2 is 2.36 bits per heavy atom. The molecule has 1 heterocycles. The number of piperidine rings is 1. The number of carboxylic acid groups (broad SMARTS) is 1. The first-order valence-electron chi connectivity index (χ1n) is 3.32. The van der Waals surface area contributed by atoms with Crippen molar-refractivity contribution < 1.29 is 14.7 Å². The Hall–Kier alpha value is -1.32. The molecule has 11 heavy (non-hydrogen) atoms. The fraction of sp³-hybridized carbons (Fsp3) is 0.429. The van der Waals surface area contributed by atoms with E-state index in [-0.39, 0.29) is 5.91 Å². The molecular weight excluding hydrogens is 146 g/mol. The summed E-state index contributed by atoms with van der Waals surface area (Å²) in [5.41, 5.74) is 0.461. The molecule has 0 aliphatic carbocycles. The average Bonchev–Trinajstić information content (AvgIpc) is 1.94. The van der Waals surface area contributed by atoms with E-state index < -0.39 is 12.0 Å². The molecule has 0 aromatic heterocycles. The number of rotatable bonds is 1. The highest BCUT2D eigenvalue weighted by Crippen LogP contribution is 2.12. The molecule has 0 bridgehead atoms. The van der Waals surface area contributed by atoms with Crippen LogP contribution in [0.4, 0.5) is 0 Å². The molecular formula is C7H9NO3. The molecule has 1 saturated heterocycles. The van der Waals surface area contributed by atoms with E-state index in [4.69, 9.17) is 5.11 Å². The van der Waals surface area contributed by atoms with Crippen LogP contribution < -0.4 is 5.32 Å². The summed E-state index contributed by atoms with van der Waals surface area (Å²) in [5.74, 6) is -1.32. The molecule has 60 valence electrons. The molecule has 1 aliphatic heterocycles. The van der Waals surface area contributed by atoms with Crippen LogP contribution >= 0.6 is 0 Å². The van der Waals surface area contributed by atoms with E-state index in [9.17, 15) is 9.59 Å². The van der Waals surface area contributed by atoms with Gasteiger partial charge in [0.25, 0.3) is 0 Å². The molecule has 0 saturated carbocycles. The fourth-order valence-corrected chi connectivity index (χ4v) is 0.950. The molecule has 0 unspecified atom stereocenters. The number of hydrogen-bond acceptors (Lipinski definition) is 2. The number of aliphatic carboxylic acids is 1. The second-order valence-corrected chi connectivity index (χ2v) is 2.51. The number of amides is 1. The van der Waals surface area contributed by atoms with Gasteiger partial charge in [-0.25, -0.2) is 4.79 Å². The van der Waals surface area contributed by atoms with Crippen LogP contribution in [0.1, 0.15) is 12.8 Å². The molecule has 1 amide bonds. The summed E-state index contributed by atoms with van der Waals surface area (Å²) in [6, 6.07) is -0.729. The predicted molar refractivity (Wildman–Crippen MR) is 37.9 cm³/mol. The molecule has 0 spiro atoms. The highest BCUT2D eigenvalue weighted by molar-refractivity contribution is 5.96. The van der Waals surface area contributed by atoms with Crippen molar-refractivity contribution >= 4 is 11.9 Å². The van der Waals surface area contributed by atoms with E-state index in [2.05, 4.69) is 11.9 Å². The second-order valence-electron chi connectivity index (χ2n) is 2.51. The Labute approximate surface area is 63.9 Å². The molecule has 0 aromatic carbocycles. The van der Waals surface area contributed by atoms with Gasteiger partial charge >= 0.3 is 5.97 Å². The maximum atomic E-state index is 10.8. The number of hydrogen-bond donors (Lipinski definition) is 2. The van der Waals surface area contributed by atoms with Gasteiger partial charge in [0.1, 0.15) is 6.04 Å². The number of carbonyl (C=O) groups is 2. The molecule has 0 aromatic rings. The Morgan fingerprint density at radius 1 is 1.73 bits per heavy atom. The van der Waals surface area contributed by atoms with Crippen molar-refractivity contribution in [3.8, 4) is 0 Å². The zero-order chi connectivity index (χ0) is 8.43. The summed E-state index contributed by atoms with van der Waals surface area (Å²) in [4.78, 5) is 21.2. The van der Waals surface area contributed by atoms with Crippen LogP contribution in [0.5, 0.6) is 0 Å². The second kappa shape index (κ2) is 2.74. The van der Waals surface area contributed by atoms with Crippen LogP contribution in [0.3, 0.4) is 0 Å². The van der Waals surface area contributed by atoms with E-state index in [1.54, 1.807) is 0 Å². The van der Waals surface area contributed by atoms with Gasteiger partial charge in [-0.2, -0.15) is 0 Å². The summed E-state index contributed by atoms with van der Waals surface area (Å²) >= 11 is 0. The van der Waals surface area contributed by atoms with Gasteiger partial charge in [-0.3, -0.25) is 4.79 Å². The van der Waals surface area contributed by atoms with E-state index in [1.165, 1.54) is 0 Å². The fourth-order valence-electron chi connectivity index (χ4n) is 0.950. The minimum atomic E-state index is -0.981. The summed E-state index contributed by atoms with van der Waals surface area (Å²) < 4.78 is 0. The molecule has 1 aliphatic rings. The van der Waals surface area contributed by atoms with Crippen molar-refractivity contribution in [2.75, 3.05) is 0 Å². The SMILES string of the molecule is C=C1CC[C@H](C(=O)O)NC1=O. The zero-order valence-corrected chi connectivity index (χ0v) is 5.96. The third-order valence-electron chi connectivity index (χ3n) is 1.66. The van der Waals surface area contributed by atoms with Gasteiger partial charge < -0.3 is 10.4 Å². The van der Waals surface area contributed by atoms with Crippen molar-refractivity contribution in [1.82, 2.24) is 5.32 Å². The van der Waals surface area contributed by atoms with Gasteiger partial charge in [-0.1, -0.05) is 6.58 Å². The highest BCUT2D eigenvalue weighted by atomic mass is 16.4. The third-order valence-corrected chi connectivity index (χ3v) is 1.66. The summed E-state index contributed by atoms with van der Waals surface area (Å²) in [7, 11) is 0. The Bertz CT molecular complexity index is 222. The van der Waals surface area contributed by atoms with Crippen LogP contribution in [0, 0.1) is 0 Å². The first kappa shape index (κ1) is 7.78. The van der Waals surface area contributed by atoms with Crippen LogP contribution in [0.2, 0.25) is 0 Å². The first-order chi connectivity index (χ1) is 5.11. The molecule has 4 nitrogen and oxygen atoms in total. The minimum Gasteiger partial charge on any atom is -0.480 e. The Kier molecular flexibility index (Phi) is 1.94. The maximum Gasteiger partial charge on any atom is 0.326 e.